The minimum Gasteiger partial charge on any atom is -0.436 e. The Hall–Kier alpha value is -2.06. The van der Waals surface area contributed by atoms with Gasteiger partial charge in [0.25, 0.3) is 0 Å². The van der Waals surface area contributed by atoms with Crippen LogP contribution in [0.3, 0.4) is 0 Å². The lowest BCUT2D eigenvalue weighted by atomic mass is 10.3. The number of aryl methyl sites for hydroxylation is 1. The minimum atomic E-state index is 0.224. The maximum Gasteiger partial charge on any atom is 0.222 e. The van der Waals surface area contributed by atoms with Crippen molar-refractivity contribution in [2.24, 2.45) is 0 Å². The Balaban J connectivity index is 2.24. The van der Waals surface area contributed by atoms with Crippen LogP contribution in [0.15, 0.2) is 24.5 Å². The number of halogens is 1. The molecule has 0 saturated heterocycles. The molecule has 5 nitrogen and oxygen atoms in total. The van der Waals surface area contributed by atoms with Crippen molar-refractivity contribution in [3.8, 4) is 17.7 Å². The van der Waals surface area contributed by atoms with Crippen LogP contribution < -0.4 is 4.74 Å². The van der Waals surface area contributed by atoms with Crippen LogP contribution in [0.2, 0.25) is 5.15 Å². The van der Waals surface area contributed by atoms with Crippen LogP contribution in [0.4, 0.5) is 0 Å². The van der Waals surface area contributed by atoms with E-state index in [1.165, 1.54) is 12.1 Å². The molecule has 0 atom stereocenters. The molecule has 86 valence electrons. The van der Waals surface area contributed by atoms with Crippen LogP contribution >= 0.6 is 11.6 Å². The second-order valence-electron chi connectivity index (χ2n) is 3.26. The van der Waals surface area contributed by atoms with Crippen LogP contribution in [0.1, 0.15) is 12.5 Å². The van der Waals surface area contributed by atoms with Crippen molar-refractivity contribution in [3.05, 3.63) is 35.2 Å². The Labute approximate surface area is 103 Å². The summed E-state index contributed by atoms with van der Waals surface area (Å²) in [6, 6.07) is 4.98. The van der Waals surface area contributed by atoms with E-state index in [2.05, 4.69) is 10.1 Å². The zero-order valence-electron chi connectivity index (χ0n) is 9.09. The van der Waals surface area contributed by atoms with E-state index in [9.17, 15) is 0 Å². The Morgan fingerprint density at radius 1 is 1.53 bits per heavy atom. The number of nitrogens with zero attached hydrogens (tertiary/aromatic N) is 4. The molecule has 0 unspecified atom stereocenters. The lowest BCUT2D eigenvalue weighted by molar-refractivity contribution is 0.461. The van der Waals surface area contributed by atoms with Crippen molar-refractivity contribution in [2.75, 3.05) is 0 Å². The highest BCUT2D eigenvalue weighted by atomic mass is 35.5. The summed E-state index contributed by atoms with van der Waals surface area (Å²) < 4.78 is 7.18. The van der Waals surface area contributed by atoms with Crippen LogP contribution in [0.25, 0.3) is 0 Å². The van der Waals surface area contributed by atoms with Crippen LogP contribution in [-0.2, 0) is 6.54 Å². The topological polar surface area (TPSA) is 63.7 Å². The summed E-state index contributed by atoms with van der Waals surface area (Å²) >= 11 is 5.76. The van der Waals surface area contributed by atoms with Crippen molar-refractivity contribution in [1.29, 1.82) is 5.26 Å². The van der Waals surface area contributed by atoms with Crippen molar-refractivity contribution in [1.82, 2.24) is 14.8 Å². The zero-order valence-corrected chi connectivity index (χ0v) is 9.85. The summed E-state index contributed by atoms with van der Waals surface area (Å²) in [4.78, 5) is 3.97. The van der Waals surface area contributed by atoms with E-state index in [-0.39, 0.29) is 11.0 Å². The standard InChI is InChI=1S/C11H9ClN4O/c1-2-16-7-9(6-14-16)17-11-4-8(5-13)3-10(12)15-11/h3-4,6-7H,2H2,1H3. The molecule has 0 spiro atoms. The maximum atomic E-state index is 8.79. The second kappa shape index (κ2) is 4.85. The van der Waals surface area contributed by atoms with E-state index >= 15 is 0 Å². The third-order valence-electron chi connectivity index (χ3n) is 2.06. The molecule has 0 aliphatic rings. The molecule has 0 N–H and O–H groups in total. The van der Waals surface area contributed by atoms with Gasteiger partial charge in [0.15, 0.2) is 5.75 Å². The Morgan fingerprint density at radius 2 is 2.35 bits per heavy atom. The van der Waals surface area contributed by atoms with Crippen molar-refractivity contribution in [3.63, 3.8) is 0 Å². The molecule has 0 fully saturated rings. The van der Waals surface area contributed by atoms with Crippen LogP contribution in [-0.4, -0.2) is 14.8 Å². The summed E-state index contributed by atoms with van der Waals surface area (Å²) in [5.74, 6) is 0.843. The number of hydrogen-bond acceptors (Lipinski definition) is 4. The van der Waals surface area contributed by atoms with Crippen LogP contribution in [0, 0.1) is 11.3 Å². The SMILES string of the molecule is CCn1cc(Oc2cc(C#N)cc(Cl)n2)cn1. The van der Waals surface area contributed by atoms with Gasteiger partial charge in [0, 0.05) is 12.6 Å². The molecular weight excluding hydrogens is 240 g/mol. The summed E-state index contributed by atoms with van der Waals surface area (Å²) in [7, 11) is 0. The molecule has 6 heteroatoms. The molecule has 0 amide bonds. The molecule has 2 aromatic heterocycles. The second-order valence-corrected chi connectivity index (χ2v) is 3.65. The quantitative estimate of drug-likeness (QED) is 0.784. The molecule has 2 aromatic rings. The summed E-state index contributed by atoms with van der Waals surface area (Å²) in [5, 5.41) is 13.1. The molecule has 2 rings (SSSR count). The van der Waals surface area contributed by atoms with Crippen molar-refractivity contribution < 1.29 is 4.74 Å². The molecule has 0 aromatic carbocycles. The molecule has 0 aliphatic heterocycles. The first-order valence-electron chi connectivity index (χ1n) is 4.99. The van der Waals surface area contributed by atoms with Gasteiger partial charge in [-0.2, -0.15) is 10.4 Å². The van der Waals surface area contributed by atoms with Gasteiger partial charge in [0.1, 0.15) is 5.15 Å². The first-order chi connectivity index (χ1) is 8.21. The maximum absolute atomic E-state index is 8.79. The van der Waals surface area contributed by atoms with E-state index in [1.54, 1.807) is 17.1 Å². The normalized spacial score (nSPS) is 9.94. The zero-order chi connectivity index (χ0) is 12.3. The Bertz CT molecular complexity index is 573. The van der Waals surface area contributed by atoms with Gasteiger partial charge in [-0.1, -0.05) is 11.6 Å². The highest BCUT2D eigenvalue weighted by Gasteiger charge is 2.05. The first-order valence-corrected chi connectivity index (χ1v) is 5.37. The third-order valence-corrected chi connectivity index (χ3v) is 2.25. The molecule has 0 aliphatic carbocycles. The number of hydrogen-bond donors (Lipinski definition) is 0. The van der Waals surface area contributed by atoms with E-state index in [0.717, 1.165) is 6.54 Å². The van der Waals surface area contributed by atoms with Gasteiger partial charge in [-0.05, 0) is 13.0 Å². The Kier molecular flexibility index (Phi) is 3.26. The van der Waals surface area contributed by atoms with Gasteiger partial charge >= 0.3 is 0 Å². The van der Waals surface area contributed by atoms with Crippen LogP contribution in [0.5, 0.6) is 11.6 Å². The van der Waals surface area contributed by atoms with Gasteiger partial charge in [-0.3, -0.25) is 4.68 Å². The number of nitriles is 1. The smallest absolute Gasteiger partial charge is 0.222 e. The molecule has 17 heavy (non-hydrogen) atoms. The Morgan fingerprint density at radius 3 is 3.00 bits per heavy atom. The monoisotopic (exact) mass is 248 g/mol. The third kappa shape index (κ3) is 2.74. The summed E-state index contributed by atoms with van der Waals surface area (Å²) in [6.45, 7) is 2.73. The lowest BCUT2D eigenvalue weighted by Gasteiger charge is -2.02. The number of aromatic nitrogens is 3. The fraction of sp³-hybridized carbons (Fsp3) is 0.182. The molecule has 0 saturated carbocycles. The average Bonchev–Trinajstić information content (AvgIpc) is 2.76. The number of rotatable bonds is 3. The lowest BCUT2D eigenvalue weighted by Crippen LogP contribution is -1.92. The van der Waals surface area contributed by atoms with E-state index < -0.39 is 0 Å². The predicted molar refractivity (Wildman–Crippen MR) is 61.9 cm³/mol. The van der Waals surface area contributed by atoms with Gasteiger partial charge < -0.3 is 4.74 Å². The fourth-order valence-corrected chi connectivity index (χ4v) is 1.48. The van der Waals surface area contributed by atoms with E-state index in [4.69, 9.17) is 21.6 Å². The molecule has 0 bridgehead atoms. The first kappa shape index (κ1) is 11.4. The largest absolute Gasteiger partial charge is 0.436 e. The molecular formula is C11H9ClN4O. The highest BCUT2D eigenvalue weighted by Crippen LogP contribution is 2.21. The number of ether oxygens (including phenoxy) is 1. The minimum absolute atomic E-state index is 0.224. The summed E-state index contributed by atoms with van der Waals surface area (Å²) in [5.41, 5.74) is 0.405. The van der Waals surface area contributed by atoms with Crippen molar-refractivity contribution >= 4 is 11.6 Å². The molecule has 0 radical (unpaired) electrons. The van der Waals surface area contributed by atoms with Gasteiger partial charge in [0.05, 0.1) is 24.0 Å². The van der Waals surface area contributed by atoms with Gasteiger partial charge in [-0.25, -0.2) is 4.98 Å². The average molecular weight is 249 g/mol. The predicted octanol–water partition coefficient (Wildman–Crippen LogP) is 2.62. The summed E-state index contributed by atoms with van der Waals surface area (Å²) in [6.07, 6.45) is 3.33. The van der Waals surface area contributed by atoms with Gasteiger partial charge in [0.2, 0.25) is 5.88 Å². The van der Waals surface area contributed by atoms with E-state index in [1.807, 2.05) is 13.0 Å². The number of pyridine rings is 1. The van der Waals surface area contributed by atoms with Gasteiger partial charge in [-0.15, -0.1) is 0 Å². The van der Waals surface area contributed by atoms with Crippen molar-refractivity contribution in [2.45, 2.75) is 13.5 Å². The fourth-order valence-electron chi connectivity index (χ4n) is 1.28. The highest BCUT2D eigenvalue weighted by molar-refractivity contribution is 6.29. The van der Waals surface area contributed by atoms with E-state index in [0.29, 0.717) is 11.3 Å². The molecule has 2 heterocycles.